The van der Waals surface area contributed by atoms with Gasteiger partial charge in [-0.1, -0.05) is 0 Å². The van der Waals surface area contributed by atoms with Crippen LogP contribution in [-0.4, -0.2) is 46.0 Å². The van der Waals surface area contributed by atoms with Gasteiger partial charge in [0.1, 0.15) is 12.4 Å². The van der Waals surface area contributed by atoms with E-state index in [9.17, 15) is 9.90 Å². The van der Waals surface area contributed by atoms with Crippen LogP contribution in [0.3, 0.4) is 0 Å². The topological polar surface area (TPSA) is 98.5 Å². The van der Waals surface area contributed by atoms with Gasteiger partial charge in [0, 0.05) is 24.1 Å². The Morgan fingerprint density at radius 1 is 1.27 bits per heavy atom. The fourth-order valence-corrected chi connectivity index (χ4v) is 3.31. The zero-order chi connectivity index (χ0) is 18.7. The van der Waals surface area contributed by atoms with E-state index >= 15 is 0 Å². The van der Waals surface area contributed by atoms with Gasteiger partial charge in [-0.2, -0.15) is 0 Å². The number of hydrogen-bond acceptors (Lipinski definition) is 6. The molecule has 3 rings (SSSR count). The molecular formula is C18H24N4O4. The monoisotopic (exact) mass is 360 g/mol. The number of nitrogens with zero attached hydrogens (tertiary/aromatic N) is 3. The van der Waals surface area contributed by atoms with E-state index in [-0.39, 0.29) is 24.5 Å². The summed E-state index contributed by atoms with van der Waals surface area (Å²) in [7, 11) is 3.10. The zero-order valence-electron chi connectivity index (χ0n) is 15.2. The maximum Gasteiger partial charge on any atom is 0.251 e. The van der Waals surface area contributed by atoms with E-state index in [1.54, 1.807) is 32.4 Å². The van der Waals surface area contributed by atoms with Gasteiger partial charge in [-0.25, -0.2) is 0 Å². The molecule has 1 aliphatic carbocycles. The number of aromatic nitrogens is 3. The lowest BCUT2D eigenvalue weighted by molar-refractivity contribution is 0.0906. The summed E-state index contributed by atoms with van der Waals surface area (Å²) in [5.41, 5.74) is 0.533. The van der Waals surface area contributed by atoms with Gasteiger partial charge < -0.3 is 24.5 Å². The first kappa shape index (κ1) is 18.2. The number of nitrogens with one attached hydrogen (secondary N) is 1. The third-order valence-electron chi connectivity index (χ3n) is 4.80. The van der Waals surface area contributed by atoms with Gasteiger partial charge in [-0.05, 0) is 38.0 Å². The molecule has 1 aromatic heterocycles. The van der Waals surface area contributed by atoms with E-state index in [0.717, 1.165) is 25.2 Å². The summed E-state index contributed by atoms with van der Waals surface area (Å²) >= 11 is 0. The minimum absolute atomic E-state index is 0.0974. The predicted molar refractivity (Wildman–Crippen MR) is 94.4 cm³/mol. The van der Waals surface area contributed by atoms with E-state index < -0.39 is 0 Å². The maximum absolute atomic E-state index is 12.5. The molecule has 0 saturated heterocycles. The van der Waals surface area contributed by atoms with Crippen LogP contribution in [0.4, 0.5) is 0 Å². The smallest absolute Gasteiger partial charge is 0.251 e. The fourth-order valence-electron chi connectivity index (χ4n) is 3.31. The lowest BCUT2D eigenvalue weighted by Gasteiger charge is -2.35. The van der Waals surface area contributed by atoms with Gasteiger partial charge in [-0.3, -0.25) is 4.79 Å². The first-order valence-corrected chi connectivity index (χ1v) is 8.66. The Hall–Kier alpha value is -2.61. The van der Waals surface area contributed by atoms with Crippen molar-refractivity contribution >= 4 is 5.91 Å². The number of ether oxygens (including phenoxy) is 2. The third-order valence-corrected chi connectivity index (χ3v) is 4.80. The minimum atomic E-state index is -0.137. The standard InChI is InChI=1S/C18H24N4O4/c1-4-22-16(10-23)20-21-17(22)12-7-13(8-12)19-18(24)11-5-6-14(25-2)15(9-11)26-3/h5-6,9,12-13,23H,4,7-8,10H2,1-3H3,(H,19,24). The molecule has 1 fully saturated rings. The molecule has 0 unspecified atom stereocenters. The molecule has 0 bridgehead atoms. The van der Waals surface area contributed by atoms with E-state index in [1.807, 2.05) is 11.5 Å². The van der Waals surface area contributed by atoms with Gasteiger partial charge >= 0.3 is 0 Å². The number of hydrogen-bond donors (Lipinski definition) is 2. The second-order valence-electron chi connectivity index (χ2n) is 6.29. The fraction of sp³-hybridized carbons (Fsp3) is 0.500. The number of amides is 1. The van der Waals surface area contributed by atoms with Gasteiger partial charge in [0.15, 0.2) is 17.3 Å². The Kier molecular flexibility index (Phi) is 5.41. The number of rotatable bonds is 7. The Bertz CT molecular complexity index is 783. The maximum atomic E-state index is 12.5. The van der Waals surface area contributed by atoms with E-state index in [4.69, 9.17) is 9.47 Å². The van der Waals surface area contributed by atoms with Crippen LogP contribution < -0.4 is 14.8 Å². The molecule has 1 saturated carbocycles. The Morgan fingerprint density at radius 3 is 2.62 bits per heavy atom. The van der Waals surface area contributed by atoms with Crippen LogP contribution in [0.25, 0.3) is 0 Å². The van der Waals surface area contributed by atoms with Crippen molar-refractivity contribution in [3.8, 4) is 11.5 Å². The van der Waals surface area contributed by atoms with Crippen LogP contribution in [0.1, 0.15) is 47.7 Å². The van der Waals surface area contributed by atoms with Crippen LogP contribution in [0.5, 0.6) is 11.5 Å². The van der Waals surface area contributed by atoms with Crippen LogP contribution in [0.15, 0.2) is 18.2 Å². The molecule has 0 atom stereocenters. The Balaban J connectivity index is 1.61. The molecule has 1 aromatic carbocycles. The van der Waals surface area contributed by atoms with Crippen LogP contribution in [0, 0.1) is 0 Å². The van der Waals surface area contributed by atoms with Gasteiger partial charge in [-0.15, -0.1) is 10.2 Å². The molecule has 2 aromatic rings. The SMILES string of the molecule is CCn1c(CO)nnc1C1CC(NC(=O)c2ccc(OC)c(OC)c2)C1. The van der Waals surface area contributed by atoms with Gasteiger partial charge in [0.2, 0.25) is 0 Å². The van der Waals surface area contributed by atoms with Crippen LogP contribution in [0.2, 0.25) is 0 Å². The lowest BCUT2D eigenvalue weighted by Crippen LogP contribution is -2.44. The first-order chi connectivity index (χ1) is 12.6. The molecule has 0 spiro atoms. The highest BCUT2D eigenvalue weighted by molar-refractivity contribution is 5.95. The molecule has 1 amide bonds. The Morgan fingerprint density at radius 2 is 2.00 bits per heavy atom. The largest absolute Gasteiger partial charge is 0.493 e. The summed E-state index contributed by atoms with van der Waals surface area (Å²) in [6.07, 6.45) is 1.62. The molecule has 0 radical (unpaired) electrons. The first-order valence-electron chi connectivity index (χ1n) is 8.66. The summed E-state index contributed by atoms with van der Waals surface area (Å²) in [6, 6.07) is 5.21. The highest BCUT2D eigenvalue weighted by atomic mass is 16.5. The van der Waals surface area contributed by atoms with Crippen LogP contribution >= 0.6 is 0 Å². The van der Waals surface area contributed by atoms with Crippen LogP contribution in [-0.2, 0) is 13.2 Å². The van der Waals surface area contributed by atoms with E-state index in [1.165, 1.54) is 0 Å². The van der Waals surface area contributed by atoms with E-state index in [2.05, 4.69) is 15.5 Å². The predicted octanol–water partition coefficient (Wildman–Crippen LogP) is 1.48. The number of aliphatic hydroxyl groups excluding tert-OH is 1. The highest BCUT2D eigenvalue weighted by Crippen LogP contribution is 2.36. The zero-order valence-corrected chi connectivity index (χ0v) is 15.2. The highest BCUT2D eigenvalue weighted by Gasteiger charge is 2.35. The molecule has 1 heterocycles. The molecule has 8 nitrogen and oxygen atoms in total. The molecule has 8 heteroatoms. The number of benzene rings is 1. The van der Waals surface area contributed by atoms with Crippen molar-refractivity contribution in [2.24, 2.45) is 0 Å². The summed E-state index contributed by atoms with van der Waals surface area (Å²) in [5, 5.41) is 20.6. The summed E-state index contributed by atoms with van der Waals surface area (Å²) in [4.78, 5) is 12.5. The van der Waals surface area contributed by atoms with Crippen molar-refractivity contribution in [3.05, 3.63) is 35.4 Å². The van der Waals surface area contributed by atoms with Crippen molar-refractivity contribution in [2.45, 2.75) is 44.9 Å². The van der Waals surface area contributed by atoms with Crippen molar-refractivity contribution in [1.29, 1.82) is 0 Å². The quantitative estimate of drug-likeness (QED) is 0.776. The average Bonchev–Trinajstić information content (AvgIpc) is 3.05. The molecule has 26 heavy (non-hydrogen) atoms. The number of methoxy groups -OCH3 is 2. The molecular weight excluding hydrogens is 336 g/mol. The molecule has 140 valence electrons. The van der Waals surface area contributed by atoms with E-state index in [0.29, 0.717) is 22.9 Å². The number of carbonyl (C=O) groups excluding carboxylic acids is 1. The summed E-state index contributed by atoms with van der Waals surface area (Å²) in [6.45, 7) is 2.60. The summed E-state index contributed by atoms with van der Waals surface area (Å²) < 4.78 is 12.4. The van der Waals surface area contributed by atoms with Crippen molar-refractivity contribution < 1.29 is 19.4 Å². The Labute approximate surface area is 152 Å². The second-order valence-corrected chi connectivity index (χ2v) is 6.29. The molecule has 1 aliphatic rings. The van der Waals surface area contributed by atoms with Gasteiger partial charge in [0.25, 0.3) is 5.91 Å². The van der Waals surface area contributed by atoms with Crippen molar-refractivity contribution in [2.75, 3.05) is 14.2 Å². The lowest BCUT2D eigenvalue weighted by atomic mass is 9.79. The summed E-state index contributed by atoms with van der Waals surface area (Å²) in [5.74, 6) is 2.69. The normalized spacial score (nSPS) is 18.9. The van der Waals surface area contributed by atoms with Gasteiger partial charge in [0.05, 0.1) is 14.2 Å². The third kappa shape index (κ3) is 3.37. The van der Waals surface area contributed by atoms with Crippen molar-refractivity contribution in [3.63, 3.8) is 0 Å². The minimum Gasteiger partial charge on any atom is -0.493 e. The molecule has 0 aliphatic heterocycles. The number of aliphatic hydroxyl groups is 1. The molecule has 2 N–H and O–H groups in total. The average molecular weight is 360 g/mol. The van der Waals surface area contributed by atoms with Crippen molar-refractivity contribution in [1.82, 2.24) is 20.1 Å². The second kappa shape index (κ2) is 7.74. The number of carbonyl (C=O) groups is 1.